The molecule has 0 atom stereocenters. The van der Waals surface area contributed by atoms with E-state index in [-0.39, 0.29) is 0 Å². The van der Waals surface area contributed by atoms with Gasteiger partial charge in [-0.15, -0.1) is 11.8 Å². The normalized spacial score (nSPS) is 10.2. The summed E-state index contributed by atoms with van der Waals surface area (Å²) in [6, 6.07) is 12.0. The zero-order valence-corrected chi connectivity index (χ0v) is 9.63. The molecule has 0 saturated heterocycles. The first-order valence-corrected chi connectivity index (χ1v) is 5.98. The third kappa shape index (κ3) is 3.26. The van der Waals surface area contributed by atoms with E-state index in [9.17, 15) is 0 Å². The Hall–Kier alpha value is -0.990. The minimum Gasteiger partial charge on any atom is -0.265 e. The lowest BCUT2D eigenvalue weighted by Crippen LogP contribution is -1.80. The maximum absolute atomic E-state index is 5.81. The van der Waals surface area contributed by atoms with E-state index in [1.54, 1.807) is 11.8 Å². The predicted octanol–water partition coefficient (Wildman–Crippen LogP) is 4.03. The Morgan fingerprint density at radius 3 is 2.33 bits per heavy atom. The van der Waals surface area contributed by atoms with Gasteiger partial charge in [-0.25, -0.2) is 0 Å². The average molecular weight is 236 g/mol. The Morgan fingerprint density at radius 2 is 1.67 bits per heavy atom. The molecule has 3 heteroatoms. The summed E-state index contributed by atoms with van der Waals surface area (Å²) in [5.74, 6) is 0.962. The number of benzene rings is 1. The molecule has 76 valence electrons. The van der Waals surface area contributed by atoms with Crippen molar-refractivity contribution >= 4 is 23.4 Å². The van der Waals surface area contributed by atoms with Crippen molar-refractivity contribution < 1.29 is 0 Å². The van der Waals surface area contributed by atoms with Crippen molar-refractivity contribution in [2.24, 2.45) is 0 Å². The van der Waals surface area contributed by atoms with E-state index in [4.69, 9.17) is 11.6 Å². The van der Waals surface area contributed by atoms with Gasteiger partial charge in [0, 0.05) is 28.1 Å². The molecule has 2 aromatic rings. The van der Waals surface area contributed by atoms with Crippen LogP contribution in [-0.4, -0.2) is 4.98 Å². The van der Waals surface area contributed by atoms with Crippen LogP contribution < -0.4 is 0 Å². The summed E-state index contributed by atoms with van der Waals surface area (Å²) in [6.07, 6.45) is 3.63. The summed E-state index contributed by atoms with van der Waals surface area (Å²) in [5.41, 5.74) is 1.28. The lowest BCUT2D eigenvalue weighted by Gasteiger charge is -2.01. The zero-order valence-electron chi connectivity index (χ0n) is 8.06. The highest BCUT2D eigenvalue weighted by molar-refractivity contribution is 7.98. The third-order valence-corrected chi connectivity index (χ3v) is 3.30. The second-order valence-electron chi connectivity index (χ2n) is 3.10. The fourth-order valence-corrected chi connectivity index (χ4v) is 2.16. The van der Waals surface area contributed by atoms with E-state index in [2.05, 4.69) is 4.98 Å². The number of aromatic nitrogens is 1. The van der Waals surface area contributed by atoms with Crippen LogP contribution in [0.5, 0.6) is 0 Å². The lowest BCUT2D eigenvalue weighted by atomic mass is 10.3. The van der Waals surface area contributed by atoms with Gasteiger partial charge in [-0.1, -0.05) is 11.6 Å². The van der Waals surface area contributed by atoms with Crippen LogP contribution in [0.25, 0.3) is 0 Å². The maximum Gasteiger partial charge on any atom is 0.0406 e. The van der Waals surface area contributed by atoms with Crippen LogP contribution in [0.15, 0.2) is 53.7 Å². The highest BCUT2D eigenvalue weighted by Crippen LogP contribution is 2.23. The number of halogens is 1. The molecule has 0 fully saturated rings. The fourth-order valence-electron chi connectivity index (χ4n) is 1.18. The molecule has 0 unspecified atom stereocenters. The van der Waals surface area contributed by atoms with Crippen molar-refractivity contribution in [1.82, 2.24) is 4.98 Å². The zero-order chi connectivity index (χ0) is 10.5. The summed E-state index contributed by atoms with van der Waals surface area (Å²) in [6.45, 7) is 0. The molecule has 15 heavy (non-hydrogen) atoms. The molecule has 0 aliphatic carbocycles. The topological polar surface area (TPSA) is 12.9 Å². The van der Waals surface area contributed by atoms with E-state index < -0.39 is 0 Å². The van der Waals surface area contributed by atoms with Crippen LogP contribution >= 0.6 is 23.4 Å². The van der Waals surface area contributed by atoms with Gasteiger partial charge in [0.2, 0.25) is 0 Å². The van der Waals surface area contributed by atoms with Crippen molar-refractivity contribution in [1.29, 1.82) is 0 Å². The molecule has 0 amide bonds. The second-order valence-corrected chi connectivity index (χ2v) is 4.58. The Kier molecular flexibility index (Phi) is 3.64. The Bertz CT molecular complexity index is 413. The Balaban J connectivity index is 1.96. The van der Waals surface area contributed by atoms with Crippen LogP contribution in [0.3, 0.4) is 0 Å². The highest BCUT2D eigenvalue weighted by Gasteiger charge is 1.95. The van der Waals surface area contributed by atoms with Crippen molar-refractivity contribution in [2.75, 3.05) is 0 Å². The molecule has 1 heterocycles. The molecule has 0 spiro atoms. The Labute approximate surface area is 98.5 Å². The minimum atomic E-state index is 0.781. The molecular formula is C12H10ClNS. The van der Waals surface area contributed by atoms with Gasteiger partial charge in [0.25, 0.3) is 0 Å². The van der Waals surface area contributed by atoms with Gasteiger partial charge in [0.1, 0.15) is 0 Å². The third-order valence-electron chi connectivity index (χ3n) is 1.97. The smallest absolute Gasteiger partial charge is 0.0406 e. The minimum absolute atomic E-state index is 0.781. The van der Waals surface area contributed by atoms with Crippen LogP contribution in [-0.2, 0) is 5.75 Å². The van der Waals surface area contributed by atoms with Crippen LogP contribution in [0.1, 0.15) is 5.56 Å². The number of nitrogens with zero attached hydrogens (tertiary/aromatic N) is 1. The van der Waals surface area contributed by atoms with E-state index in [0.29, 0.717) is 0 Å². The van der Waals surface area contributed by atoms with Crippen LogP contribution in [0.4, 0.5) is 0 Å². The maximum atomic E-state index is 5.81. The summed E-state index contributed by atoms with van der Waals surface area (Å²) in [5, 5.41) is 0.781. The summed E-state index contributed by atoms with van der Waals surface area (Å²) in [7, 11) is 0. The Morgan fingerprint density at radius 1 is 1.00 bits per heavy atom. The number of hydrogen-bond acceptors (Lipinski definition) is 2. The summed E-state index contributed by atoms with van der Waals surface area (Å²) < 4.78 is 0. The summed E-state index contributed by atoms with van der Waals surface area (Å²) in [4.78, 5) is 5.22. The molecule has 0 aliphatic heterocycles. The van der Waals surface area contributed by atoms with E-state index in [0.717, 1.165) is 10.8 Å². The van der Waals surface area contributed by atoms with Gasteiger partial charge in [-0.05, 0) is 42.0 Å². The molecule has 0 radical (unpaired) electrons. The van der Waals surface area contributed by atoms with E-state index >= 15 is 0 Å². The highest BCUT2D eigenvalue weighted by atomic mass is 35.5. The molecule has 2 rings (SSSR count). The molecule has 0 N–H and O–H groups in total. The molecule has 0 bridgehead atoms. The second kappa shape index (κ2) is 5.19. The molecular weight excluding hydrogens is 226 g/mol. The van der Waals surface area contributed by atoms with Crippen molar-refractivity contribution in [2.45, 2.75) is 10.6 Å². The first-order chi connectivity index (χ1) is 7.34. The van der Waals surface area contributed by atoms with Gasteiger partial charge >= 0.3 is 0 Å². The number of rotatable bonds is 3. The monoisotopic (exact) mass is 235 g/mol. The van der Waals surface area contributed by atoms with Crippen LogP contribution in [0.2, 0.25) is 5.02 Å². The molecule has 0 saturated carbocycles. The standard InChI is InChI=1S/C12H10ClNS/c13-11-1-3-12(4-2-11)15-9-10-5-7-14-8-6-10/h1-8H,9H2. The van der Waals surface area contributed by atoms with Gasteiger partial charge in [0.05, 0.1) is 0 Å². The number of pyridine rings is 1. The lowest BCUT2D eigenvalue weighted by molar-refractivity contribution is 1.27. The predicted molar refractivity (Wildman–Crippen MR) is 65.3 cm³/mol. The van der Waals surface area contributed by atoms with Gasteiger partial charge in [0.15, 0.2) is 0 Å². The van der Waals surface area contributed by atoms with Gasteiger partial charge in [-0.3, -0.25) is 4.98 Å². The quantitative estimate of drug-likeness (QED) is 0.745. The van der Waals surface area contributed by atoms with Gasteiger partial charge < -0.3 is 0 Å². The van der Waals surface area contributed by atoms with Crippen molar-refractivity contribution in [3.8, 4) is 0 Å². The average Bonchev–Trinajstić information content (AvgIpc) is 2.30. The summed E-state index contributed by atoms with van der Waals surface area (Å²) >= 11 is 7.61. The number of thioether (sulfide) groups is 1. The van der Waals surface area contributed by atoms with E-state index in [1.165, 1.54) is 10.5 Å². The molecule has 1 aromatic heterocycles. The first kappa shape index (κ1) is 10.5. The molecule has 1 aromatic carbocycles. The van der Waals surface area contributed by atoms with Gasteiger partial charge in [-0.2, -0.15) is 0 Å². The number of hydrogen-bond donors (Lipinski definition) is 0. The fraction of sp³-hybridized carbons (Fsp3) is 0.0833. The molecule has 1 nitrogen and oxygen atoms in total. The SMILES string of the molecule is Clc1ccc(SCc2ccncc2)cc1. The van der Waals surface area contributed by atoms with Crippen molar-refractivity contribution in [3.63, 3.8) is 0 Å². The van der Waals surface area contributed by atoms with E-state index in [1.807, 2.05) is 48.8 Å². The first-order valence-electron chi connectivity index (χ1n) is 4.62. The van der Waals surface area contributed by atoms with Crippen molar-refractivity contribution in [3.05, 3.63) is 59.4 Å². The largest absolute Gasteiger partial charge is 0.265 e. The van der Waals surface area contributed by atoms with Crippen LogP contribution in [0, 0.1) is 0 Å². The molecule has 0 aliphatic rings.